The molecule has 0 aromatic rings. The van der Waals surface area contributed by atoms with Crippen molar-refractivity contribution in [2.24, 2.45) is 0 Å². The Kier molecular flexibility index (Phi) is 5.47. The summed E-state index contributed by atoms with van der Waals surface area (Å²) in [5.41, 5.74) is 0. The monoisotopic (exact) mass is 234 g/mol. The Morgan fingerprint density at radius 2 is 2.36 bits per heavy atom. The lowest BCUT2D eigenvalue weighted by Crippen LogP contribution is -2.31. The number of hydrogen-bond donors (Lipinski definition) is 0. The van der Waals surface area contributed by atoms with Crippen LogP contribution in [0.25, 0.3) is 0 Å². The van der Waals surface area contributed by atoms with Crippen LogP contribution >= 0.6 is 24.0 Å². The number of hydrogen-bond acceptors (Lipinski definition) is 5. The third-order valence-electron chi connectivity index (χ3n) is 1.82. The smallest absolute Gasteiger partial charge is 0.220 e. The number of rotatable bonds is 4. The molecule has 0 unspecified atom stereocenters. The molecular weight excluding hydrogens is 220 g/mol. The minimum absolute atomic E-state index is 0.0295. The lowest BCUT2D eigenvalue weighted by molar-refractivity contribution is 0.0122. The summed E-state index contributed by atoms with van der Waals surface area (Å²) in [4.78, 5) is 0. The highest BCUT2D eigenvalue weighted by atomic mass is 32.2. The van der Waals surface area contributed by atoms with Crippen LogP contribution < -0.4 is 0 Å². The predicted molar refractivity (Wildman–Crippen MR) is 61.7 cm³/mol. The molecule has 0 aromatic carbocycles. The third-order valence-corrected chi connectivity index (χ3v) is 2.85. The summed E-state index contributed by atoms with van der Waals surface area (Å²) < 4.78 is 16.7. The highest BCUT2D eigenvalue weighted by Crippen LogP contribution is 2.16. The zero-order valence-electron chi connectivity index (χ0n) is 8.10. The molecule has 1 fully saturated rings. The van der Waals surface area contributed by atoms with E-state index in [-0.39, 0.29) is 12.2 Å². The predicted octanol–water partition coefficient (Wildman–Crippen LogP) is 1.62. The maximum Gasteiger partial charge on any atom is 0.220 e. The van der Waals surface area contributed by atoms with E-state index >= 15 is 0 Å². The van der Waals surface area contributed by atoms with Crippen LogP contribution in [0.4, 0.5) is 0 Å². The fourth-order valence-electron chi connectivity index (χ4n) is 1.14. The lowest BCUT2D eigenvalue weighted by atomic mass is 10.2. The van der Waals surface area contributed by atoms with E-state index in [4.69, 9.17) is 26.4 Å². The molecule has 0 amide bonds. The van der Waals surface area contributed by atoms with Gasteiger partial charge < -0.3 is 14.2 Å². The minimum atomic E-state index is -0.0742. The molecule has 0 radical (unpaired) electrons. The third kappa shape index (κ3) is 3.57. The average molecular weight is 234 g/mol. The van der Waals surface area contributed by atoms with Crippen LogP contribution in [0, 0.1) is 0 Å². The van der Waals surface area contributed by atoms with E-state index in [2.05, 4.69) is 6.58 Å². The molecule has 0 saturated carbocycles. The van der Waals surface area contributed by atoms with E-state index in [0.717, 1.165) is 0 Å². The molecule has 3 nitrogen and oxygen atoms in total. The van der Waals surface area contributed by atoms with E-state index in [0.29, 0.717) is 24.2 Å². The first-order chi connectivity index (χ1) is 6.77. The Hall–Kier alpha value is -0.100. The molecular formula is C9H14O3S2. The van der Waals surface area contributed by atoms with E-state index < -0.39 is 0 Å². The standard InChI is InChI=1S/C9H14O3S2/c1-3-4-11-7-5-10-6-8(7)12-9(13)14-2/h3,7-8H,1,4-6H2,2H3/t7-,8-/m0/s1. The van der Waals surface area contributed by atoms with Crippen LogP contribution in [0.3, 0.4) is 0 Å². The fourth-order valence-corrected chi connectivity index (χ4v) is 1.49. The van der Waals surface area contributed by atoms with Gasteiger partial charge in [-0.15, -0.1) is 6.58 Å². The van der Waals surface area contributed by atoms with Crippen LogP contribution in [0.2, 0.25) is 0 Å². The van der Waals surface area contributed by atoms with Crippen molar-refractivity contribution in [2.75, 3.05) is 26.1 Å². The highest BCUT2D eigenvalue weighted by molar-refractivity contribution is 8.22. The van der Waals surface area contributed by atoms with Crippen molar-refractivity contribution in [1.29, 1.82) is 0 Å². The van der Waals surface area contributed by atoms with Crippen LogP contribution in [0.15, 0.2) is 12.7 Å². The van der Waals surface area contributed by atoms with E-state index in [1.165, 1.54) is 11.8 Å². The molecule has 2 atom stereocenters. The molecule has 0 aromatic heterocycles. The lowest BCUT2D eigenvalue weighted by Gasteiger charge is -2.18. The van der Waals surface area contributed by atoms with Crippen molar-refractivity contribution in [3.63, 3.8) is 0 Å². The van der Waals surface area contributed by atoms with Gasteiger partial charge in [0, 0.05) is 0 Å². The van der Waals surface area contributed by atoms with Gasteiger partial charge in [0.25, 0.3) is 0 Å². The summed E-state index contributed by atoms with van der Waals surface area (Å²) in [5, 5.41) is 0. The zero-order chi connectivity index (χ0) is 10.4. The maximum atomic E-state index is 5.48. The molecule has 0 bridgehead atoms. The second-order valence-electron chi connectivity index (χ2n) is 2.81. The highest BCUT2D eigenvalue weighted by Gasteiger charge is 2.31. The quantitative estimate of drug-likeness (QED) is 0.544. The molecule has 1 rings (SSSR count). The molecule has 1 heterocycles. The Morgan fingerprint density at radius 3 is 3.00 bits per heavy atom. The summed E-state index contributed by atoms with van der Waals surface area (Å²) >= 11 is 6.38. The van der Waals surface area contributed by atoms with Gasteiger partial charge in [-0.3, -0.25) is 0 Å². The van der Waals surface area contributed by atoms with Gasteiger partial charge in [-0.25, -0.2) is 0 Å². The van der Waals surface area contributed by atoms with Gasteiger partial charge in [0.15, 0.2) is 6.10 Å². The molecule has 1 aliphatic heterocycles. The Balaban J connectivity index is 2.34. The first kappa shape index (κ1) is 12.0. The van der Waals surface area contributed by atoms with Gasteiger partial charge >= 0.3 is 0 Å². The average Bonchev–Trinajstić information content (AvgIpc) is 2.62. The van der Waals surface area contributed by atoms with Crippen molar-refractivity contribution in [3.8, 4) is 0 Å². The van der Waals surface area contributed by atoms with Gasteiger partial charge in [-0.1, -0.05) is 17.8 Å². The summed E-state index contributed by atoms with van der Waals surface area (Å²) in [6.07, 6.45) is 3.49. The second-order valence-corrected chi connectivity index (χ2v) is 4.22. The van der Waals surface area contributed by atoms with Crippen LogP contribution in [-0.2, 0) is 14.2 Å². The molecule has 0 aliphatic carbocycles. The van der Waals surface area contributed by atoms with E-state index in [1.54, 1.807) is 6.08 Å². The topological polar surface area (TPSA) is 27.7 Å². The van der Waals surface area contributed by atoms with Crippen LogP contribution in [-0.4, -0.2) is 42.7 Å². The Bertz CT molecular complexity index is 208. The van der Waals surface area contributed by atoms with Crippen molar-refractivity contribution in [3.05, 3.63) is 12.7 Å². The van der Waals surface area contributed by atoms with E-state index in [1.807, 2.05) is 6.26 Å². The van der Waals surface area contributed by atoms with Gasteiger partial charge in [0.05, 0.1) is 19.8 Å². The minimum Gasteiger partial charge on any atom is -0.470 e. The van der Waals surface area contributed by atoms with Gasteiger partial charge in [0.2, 0.25) is 4.38 Å². The first-order valence-corrected chi connectivity index (χ1v) is 5.96. The van der Waals surface area contributed by atoms with Crippen molar-refractivity contribution >= 4 is 28.4 Å². The number of thioether (sulfide) groups is 1. The number of ether oxygens (including phenoxy) is 3. The molecule has 1 saturated heterocycles. The summed E-state index contributed by atoms with van der Waals surface area (Å²) in [7, 11) is 0. The molecule has 1 aliphatic rings. The molecule has 14 heavy (non-hydrogen) atoms. The van der Waals surface area contributed by atoms with Crippen molar-refractivity contribution < 1.29 is 14.2 Å². The molecule has 0 spiro atoms. The summed E-state index contributed by atoms with van der Waals surface area (Å²) in [6.45, 7) is 5.21. The first-order valence-electron chi connectivity index (χ1n) is 4.32. The van der Waals surface area contributed by atoms with Crippen LogP contribution in [0.5, 0.6) is 0 Å². The SMILES string of the molecule is C=CCO[C@H]1COC[C@@H]1OC(=S)SC. The van der Waals surface area contributed by atoms with Crippen molar-refractivity contribution in [2.45, 2.75) is 12.2 Å². The van der Waals surface area contributed by atoms with Gasteiger partial charge in [-0.05, 0) is 18.5 Å². The largest absolute Gasteiger partial charge is 0.470 e. The molecule has 80 valence electrons. The normalized spacial score (nSPS) is 26.1. The summed E-state index contributed by atoms with van der Waals surface area (Å²) in [6, 6.07) is 0. The Labute approximate surface area is 93.8 Å². The zero-order valence-corrected chi connectivity index (χ0v) is 9.73. The summed E-state index contributed by atoms with van der Waals surface area (Å²) in [5.74, 6) is 0. The van der Waals surface area contributed by atoms with Crippen molar-refractivity contribution in [1.82, 2.24) is 0 Å². The van der Waals surface area contributed by atoms with Gasteiger partial charge in [0.1, 0.15) is 6.10 Å². The maximum absolute atomic E-state index is 5.48. The second kappa shape index (κ2) is 6.40. The fraction of sp³-hybridized carbons (Fsp3) is 0.667. The Morgan fingerprint density at radius 1 is 1.64 bits per heavy atom. The van der Waals surface area contributed by atoms with Gasteiger partial charge in [-0.2, -0.15) is 0 Å². The molecule has 5 heteroatoms. The van der Waals surface area contributed by atoms with E-state index in [9.17, 15) is 0 Å². The van der Waals surface area contributed by atoms with Crippen LogP contribution in [0.1, 0.15) is 0 Å². The number of thiocarbonyl (C=S) groups is 1. The molecule has 0 N–H and O–H groups in total.